The Bertz CT molecular complexity index is 868. The molecular weight excluding hydrogens is 376 g/mol. The number of ether oxygens (including phenoxy) is 3. The van der Waals surface area contributed by atoms with Crippen molar-refractivity contribution >= 4 is 18.0 Å². The summed E-state index contributed by atoms with van der Waals surface area (Å²) in [6, 6.07) is 4.59. The van der Waals surface area contributed by atoms with Crippen molar-refractivity contribution in [2.45, 2.75) is 40.3 Å². The minimum atomic E-state index is -0.721. The van der Waals surface area contributed by atoms with Gasteiger partial charge in [-0.25, -0.2) is 4.79 Å². The van der Waals surface area contributed by atoms with Gasteiger partial charge in [0, 0.05) is 6.08 Å². The molecule has 1 atom stereocenters. The number of hydrogen-bond acceptors (Lipinski definition) is 7. The number of rotatable bonds is 9. The number of benzene rings is 1. The number of carbonyl (C=O) groups excluding carboxylic acids is 2. The van der Waals surface area contributed by atoms with Crippen LogP contribution in [0.3, 0.4) is 0 Å². The summed E-state index contributed by atoms with van der Waals surface area (Å²) < 4.78 is 21.2. The van der Waals surface area contributed by atoms with Crippen LogP contribution in [0.5, 0.6) is 11.5 Å². The number of nitrogens with zero attached hydrogens (tertiary/aromatic N) is 1. The van der Waals surface area contributed by atoms with E-state index in [1.54, 1.807) is 45.2 Å². The van der Waals surface area contributed by atoms with Gasteiger partial charge in [0.2, 0.25) is 5.91 Å². The third kappa shape index (κ3) is 6.10. The Balaban J connectivity index is 2.01. The summed E-state index contributed by atoms with van der Waals surface area (Å²) >= 11 is 0. The largest absolute Gasteiger partial charge is 0.493 e. The summed E-state index contributed by atoms with van der Waals surface area (Å²) in [6.45, 7) is 7.53. The molecule has 0 saturated heterocycles. The van der Waals surface area contributed by atoms with Crippen LogP contribution in [-0.2, 0) is 20.9 Å². The molecule has 0 fully saturated rings. The summed E-state index contributed by atoms with van der Waals surface area (Å²) in [5.74, 6) is 0.923. The molecule has 0 saturated carbocycles. The highest BCUT2D eigenvalue weighted by molar-refractivity contribution is 5.94. The average molecular weight is 402 g/mol. The predicted molar refractivity (Wildman–Crippen MR) is 107 cm³/mol. The molecule has 1 heterocycles. The van der Waals surface area contributed by atoms with E-state index in [9.17, 15) is 9.59 Å². The lowest BCUT2D eigenvalue weighted by Gasteiger charge is -2.12. The summed E-state index contributed by atoms with van der Waals surface area (Å²) in [4.78, 5) is 23.5. The Hall–Kier alpha value is -3.29. The third-order valence-electron chi connectivity index (χ3n) is 4.17. The third-order valence-corrected chi connectivity index (χ3v) is 4.17. The van der Waals surface area contributed by atoms with E-state index in [0.717, 1.165) is 16.8 Å². The van der Waals surface area contributed by atoms with E-state index in [-0.39, 0.29) is 6.61 Å². The highest BCUT2D eigenvalue weighted by atomic mass is 16.5. The number of hydrogen-bond donors (Lipinski definition) is 1. The lowest BCUT2D eigenvalue weighted by atomic mass is 10.1. The highest BCUT2D eigenvalue weighted by Gasteiger charge is 2.15. The minimum absolute atomic E-state index is 0.263. The van der Waals surface area contributed by atoms with Gasteiger partial charge in [0.25, 0.3) is 0 Å². The van der Waals surface area contributed by atoms with Crippen LogP contribution in [0.4, 0.5) is 0 Å². The maximum Gasteiger partial charge on any atom is 0.328 e. The quantitative estimate of drug-likeness (QED) is 0.508. The van der Waals surface area contributed by atoms with E-state index in [0.29, 0.717) is 23.9 Å². The zero-order valence-electron chi connectivity index (χ0n) is 17.3. The first kappa shape index (κ1) is 22.0. The van der Waals surface area contributed by atoms with E-state index in [2.05, 4.69) is 10.5 Å². The Labute approximate surface area is 169 Å². The molecule has 0 aliphatic rings. The molecule has 1 aromatic heterocycles. The molecule has 1 aromatic carbocycles. The smallest absolute Gasteiger partial charge is 0.328 e. The number of nitrogens with one attached hydrogen (secondary N) is 1. The second-order valence-electron chi connectivity index (χ2n) is 6.32. The topological polar surface area (TPSA) is 99.9 Å². The van der Waals surface area contributed by atoms with Gasteiger partial charge in [-0.2, -0.15) is 0 Å². The van der Waals surface area contributed by atoms with Crippen molar-refractivity contribution in [3.8, 4) is 11.5 Å². The predicted octanol–water partition coefficient (Wildman–Crippen LogP) is 2.96. The number of esters is 1. The Kier molecular flexibility index (Phi) is 7.82. The van der Waals surface area contributed by atoms with Crippen molar-refractivity contribution in [3.63, 3.8) is 0 Å². The van der Waals surface area contributed by atoms with Gasteiger partial charge in [-0.3, -0.25) is 4.79 Å². The van der Waals surface area contributed by atoms with E-state index < -0.39 is 17.9 Å². The van der Waals surface area contributed by atoms with E-state index in [4.69, 9.17) is 18.7 Å². The Morgan fingerprint density at radius 2 is 2.03 bits per heavy atom. The second-order valence-corrected chi connectivity index (χ2v) is 6.32. The van der Waals surface area contributed by atoms with Gasteiger partial charge >= 0.3 is 5.97 Å². The van der Waals surface area contributed by atoms with Crippen LogP contribution in [0, 0.1) is 13.8 Å². The summed E-state index contributed by atoms with van der Waals surface area (Å²) in [5, 5.41) is 6.46. The molecule has 0 aliphatic heterocycles. The van der Waals surface area contributed by atoms with E-state index in [1.165, 1.54) is 6.08 Å². The normalized spacial score (nSPS) is 11.9. The molecule has 156 valence electrons. The molecule has 0 bridgehead atoms. The zero-order chi connectivity index (χ0) is 21.4. The van der Waals surface area contributed by atoms with Crippen LogP contribution in [0.25, 0.3) is 6.08 Å². The summed E-state index contributed by atoms with van der Waals surface area (Å²) in [5.41, 5.74) is 2.41. The second kappa shape index (κ2) is 10.3. The van der Waals surface area contributed by atoms with Gasteiger partial charge in [-0.15, -0.1) is 0 Å². The van der Waals surface area contributed by atoms with Crippen molar-refractivity contribution in [1.82, 2.24) is 10.5 Å². The number of carbonyl (C=O) groups is 2. The Morgan fingerprint density at radius 1 is 1.28 bits per heavy atom. The standard InChI is InChI=1S/C21H26N2O6/c1-6-27-21(25)14(3)22-20(24)10-8-16-7-9-18(19(11-16)26-5)28-12-17-13(2)23-29-15(17)4/h7-11,14H,6,12H2,1-5H3,(H,22,24). The van der Waals surface area contributed by atoms with Crippen molar-refractivity contribution < 1.29 is 28.3 Å². The molecule has 1 unspecified atom stereocenters. The molecule has 1 N–H and O–H groups in total. The molecule has 1 amide bonds. The molecule has 2 rings (SSSR count). The monoisotopic (exact) mass is 402 g/mol. The fraction of sp³-hybridized carbons (Fsp3) is 0.381. The van der Waals surface area contributed by atoms with Gasteiger partial charge in [0.1, 0.15) is 18.4 Å². The van der Waals surface area contributed by atoms with E-state index >= 15 is 0 Å². The summed E-state index contributed by atoms with van der Waals surface area (Å²) in [6.07, 6.45) is 2.96. The SMILES string of the molecule is CCOC(=O)C(C)NC(=O)C=Cc1ccc(OCc2c(C)noc2C)c(OC)c1. The van der Waals surface area contributed by atoms with Crippen molar-refractivity contribution in [2.75, 3.05) is 13.7 Å². The molecule has 8 heteroatoms. The molecule has 2 aromatic rings. The molecule has 0 aliphatic carbocycles. The van der Waals surface area contributed by atoms with Crippen LogP contribution in [0.2, 0.25) is 0 Å². The van der Waals surface area contributed by atoms with Gasteiger partial charge < -0.3 is 24.1 Å². The van der Waals surface area contributed by atoms with Gasteiger partial charge in [-0.1, -0.05) is 11.2 Å². The Morgan fingerprint density at radius 3 is 2.66 bits per heavy atom. The van der Waals surface area contributed by atoms with Gasteiger partial charge in [0.05, 0.1) is 25.0 Å². The molecule has 0 spiro atoms. The van der Waals surface area contributed by atoms with Crippen LogP contribution in [0.1, 0.15) is 36.4 Å². The minimum Gasteiger partial charge on any atom is -0.493 e. The molecule has 0 radical (unpaired) electrons. The van der Waals surface area contributed by atoms with E-state index in [1.807, 2.05) is 13.8 Å². The first-order valence-corrected chi connectivity index (χ1v) is 9.23. The fourth-order valence-electron chi connectivity index (χ4n) is 2.52. The molecular formula is C21H26N2O6. The van der Waals surface area contributed by atoms with Crippen LogP contribution in [-0.4, -0.2) is 36.8 Å². The number of aryl methyl sites for hydroxylation is 2. The lowest BCUT2D eigenvalue weighted by molar-refractivity contribution is -0.146. The van der Waals surface area contributed by atoms with Crippen molar-refractivity contribution in [2.24, 2.45) is 0 Å². The number of amides is 1. The number of methoxy groups -OCH3 is 1. The van der Waals surface area contributed by atoms with Gasteiger partial charge in [0.15, 0.2) is 11.5 Å². The molecule has 8 nitrogen and oxygen atoms in total. The zero-order valence-corrected chi connectivity index (χ0v) is 17.3. The first-order chi connectivity index (χ1) is 13.8. The van der Waals surface area contributed by atoms with Crippen LogP contribution >= 0.6 is 0 Å². The first-order valence-electron chi connectivity index (χ1n) is 9.23. The maximum absolute atomic E-state index is 12.0. The van der Waals surface area contributed by atoms with Crippen LogP contribution < -0.4 is 14.8 Å². The van der Waals surface area contributed by atoms with Gasteiger partial charge in [-0.05, 0) is 51.5 Å². The van der Waals surface area contributed by atoms with Crippen molar-refractivity contribution in [1.29, 1.82) is 0 Å². The number of aromatic nitrogens is 1. The van der Waals surface area contributed by atoms with Crippen LogP contribution in [0.15, 0.2) is 28.8 Å². The fourth-order valence-corrected chi connectivity index (χ4v) is 2.52. The maximum atomic E-state index is 12.0. The van der Waals surface area contributed by atoms with Crippen molar-refractivity contribution in [3.05, 3.63) is 46.9 Å². The lowest BCUT2D eigenvalue weighted by Crippen LogP contribution is -2.38. The summed E-state index contributed by atoms with van der Waals surface area (Å²) in [7, 11) is 1.54. The average Bonchev–Trinajstić information content (AvgIpc) is 3.02. The highest BCUT2D eigenvalue weighted by Crippen LogP contribution is 2.30. The molecule has 29 heavy (non-hydrogen) atoms.